The molecule has 0 saturated carbocycles. The van der Waals surface area contributed by atoms with Crippen molar-refractivity contribution in [2.45, 2.75) is 129 Å². The molecule has 10 heteroatoms. The fraction of sp³-hybridized carbons (Fsp3) is 0.969. The second-order valence-corrected chi connectivity index (χ2v) is 13.8. The van der Waals surface area contributed by atoms with Gasteiger partial charge in [0, 0.05) is 5.97 Å². The number of nitrogens with zero attached hydrogens (tertiary/aromatic N) is 2. The minimum Gasteiger partial charge on any atom is -1.00 e. The molecule has 0 aromatic rings. The summed E-state index contributed by atoms with van der Waals surface area (Å²) < 4.78 is 1.52. The molecule has 0 amide bonds. The molecule has 7 nitrogen and oxygen atoms in total. The van der Waals surface area contributed by atoms with Crippen LogP contribution in [0, 0.1) is 0 Å². The number of aliphatic hydroxyl groups is 2. The van der Waals surface area contributed by atoms with Gasteiger partial charge in [0.25, 0.3) is 0 Å². The Morgan fingerprint density at radius 2 is 0.857 bits per heavy atom. The van der Waals surface area contributed by atoms with Crippen LogP contribution in [-0.2, 0) is 4.79 Å². The fourth-order valence-electron chi connectivity index (χ4n) is 4.05. The fourth-order valence-corrected chi connectivity index (χ4v) is 4.25. The van der Waals surface area contributed by atoms with Crippen LogP contribution < -0.4 is 23.2 Å². The zero-order valence-corrected chi connectivity index (χ0v) is 31.1. The maximum absolute atomic E-state index is 9.05. The van der Waals surface area contributed by atoms with Crippen molar-refractivity contribution < 1.29 is 41.5 Å². The van der Waals surface area contributed by atoms with Crippen LogP contribution in [-0.4, -0.2) is 111 Å². The molecule has 0 aromatic carbocycles. The zero-order chi connectivity index (χ0) is 32.6. The smallest absolute Gasteiger partial charge is 0.116 e. The highest BCUT2D eigenvalue weighted by Gasteiger charge is 2.14. The van der Waals surface area contributed by atoms with E-state index >= 15 is 0 Å². The number of nitrogens with two attached hydrogens (primary N) is 1. The SMILES string of the molecule is CC(=O)[O-].CCCCCCCCCCCCCCCCCCN.C[N+](C)(C)CC(O)CCl.C[N+](C)(C)CC(O)CCl.[Cl-]. The first-order valence-electron chi connectivity index (χ1n) is 16.0. The van der Waals surface area contributed by atoms with Crippen LogP contribution in [0.15, 0.2) is 0 Å². The Hall–Kier alpha value is 0.140. The van der Waals surface area contributed by atoms with Crippen molar-refractivity contribution in [3.63, 3.8) is 0 Å². The van der Waals surface area contributed by atoms with E-state index in [1.54, 1.807) is 0 Å². The summed E-state index contributed by atoms with van der Waals surface area (Å²) in [5, 5.41) is 27.0. The van der Waals surface area contributed by atoms with Gasteiger partial charge in [-0.25, -0.2) is 0 Å². The summed E-state index contributed by atoms with van der Waals surface area (Å²) >= 11 is 10.8. The van der Waals surface area contributed by atoms with E-state index in [-0.39, 0.29) is 24.6 Å². The van der Waals surface area contributed by atoms with Gasteiger partial charge >= 0.3 is 0 Å². The first kappa shape index (κ1) is 51.7. The number of unbranched alkanes of at least 4 members (excludes halogenated alkanes) is 15. The predicted octanol–water partition coefficient (Wildman–Crippen LogP) is 2.55. The Kier molecular flexibility index (Phi) is 46.0. The molecule has 0 rings (SSSR count). The summed E-state index contributed by atoms with van der Waals surface area (Å²) in [6.45, 7) is 5.56. The van der Waals surface area contributed by atoms with Gasteiger partial charge in [-0.05, 0) is 19.9 Å². The summed E-state index contributed by atoms with van der Waals surface area (Å²) in [6, 6.07) is 0. The Morgan fingerprint density at radius 3 is 1.00 bits per heavy atom. The van der Waals surface area contributed by atoms with E-state index in [4.69, 9.17) is 49.0 Å². The minimum absolute atomic E-state index is 0. The van der Waals surface area contributed by atoms with Crippen molar-refractivity contribution in [1.29, 1.82) is 0 Å². The van der Waals surface area contributed by atoms with Crippen LogP contribution >= 0.6 is 23.2 Å². The lowest BCUT2D eigenvalue weighted by molar-refractivity contribution is -0.873. The van der Waals surface area contributed by atoms with Gasteiger partial charge in [-0.3, -0.25) is 0 Å². The van der Waals surface area contributed by atoms with E-state index in [0.29, 0.717) is 24.8 Å². The molecule has 0 aliphatic heterocycles. The van der Waals surface area contributed by atoms with Crippen LogP contribution in [0.1, 0.15) is 117 Å². The van der Waals surface area contributed by atoms with Crippen LogP contribution in [0.4, 0.5) is 0 Å². The topological polar surface area (TPSA) is 107 Å². The van der Waals surface area contributed by atoms with Gasteiger partial charge in [0.2, 0.25) is 0 Å². The molecule has 0 aliphatic rings. The number of hydrogen-bond acceptors (Lipinski definition) is 5. The quantitative estimate of drug-likeness (QED) is 0.0935. The van der Waals surface area contributed by atoms with Gasteiger partial charge in [-0.2, -0.15) is 0 Å². The number of hydrogen-bond donors (Lipinski definition) is 3. The molecule has 0 spiro atoms. The summed E-state index contributed by atoms with van der Waals surface area (Å²) in [4.78, 5) is 8.89. The first-order valence-corrected chi connectivity index (χ1v) is 17.1. The second kappa shape index (κ2) is 37.3. The lowest BCUT2D eigenvalue weighted by atomic mass is 10.0. The number of aliphatic hydroxyl groups excluding tert-OH is 2. The maximum atomic E-state index is 9.05. The lowest BCUT2D eigenvalue weighted by Gasteiger charge is -2.25. The standard InChI is InChI=1S/C18H39N.2C6H15ClNO.C2H4O2.ClH/c1-2-3-4-5-6-7-8-9-10-11-12-13-14-15-16-17-18-19;2*1-8(2,3)5-6(9)4-7;1-2(3)4;/h2-19H2,1H3;2*6,9H,4-5H2,1-3H3;1H3,(H,3,4);1H/q;2*+1;;/p-2. The molecule has 0 bridgehead atoms. The number of halogens is 3. The van der Waals surface area contributed by atoms with Gasteiger partial charge in [-0.15, -0.1) is 23.2 Å². The normalized spacial score (nSPS) is 12.3. The van der Waals surface area contributed by atoms with E-state index in [1.807, 2.05) is 42.3 Å². The van der Waals surface area contributed by atoms with Crippen LogP contribution in [0.2, 0.25) is 0 Å². The number of carboxylic acid groups (broad SMARTS) is 1. The molecule has 2 unspecified atom stereocenters. The molecular weight excluding hydrogens is 597 g/mol. The minimum atomic E-state index is -1.08. The van der Waals surface area contributed by atoms with Crippen molar-refractivity contribution in [3.8, 4) is 0 Å². The van der Waals surface area contributed by atoms with Gasteiger partial charge < -0.3 is 47.2 Å². The van der Waals surface area contributed by atoms with Gasteiger partial charge in [0.1, 0.15) is 25.3 Å². The lowest BCUT2D eigenvalue weighted by Crippen LogP contribution is -3.00. The summed E-state index contributed by atoms with van der Waals surface area (Å²) in [5.74, 6) is -0.426. The van der Waals surface area contributed by atoms with Crippen molar-refractivity contribution in [2.24, 2.45) is 5.73 Å². The number of likely N-dealkylation sites (N-methyl/N-ethyl adjacent to an activating group) is 2. The van der Waals surface area contributed by atoms with E-state index < -0.39 is 5.97 Å². The number of rotatable bonds is 22. The monoisotopic (exact) mass is 667 g/mol. The number of alkyl halides is 2. The zero-order valence-electron chi connectivity index (χ0n) is 28.8. The summed E-state index contributed by atoms with van der Waals surface area (Å²) in [6.07, 6.45) is 22.1. The molecule has 0 aromatic heterocycles. The third kappa shape index (κ3) is 67.7. The average molecular weight is 669 g/mol. The van der Waals surface area contributed by atoms with Gasteiger partial charge in [-0.1, -0.05) is 103 Å². The molecule has 0 aliphatic carbocycles. The summed E-state index contributed by atoms with van der Waals surface area (Å²) in [5.41, 5.74) is 5.48. The van der Waals surface area contributed by atoms with Gasteiger partial charge in [0.15, 0.2) is 0 Å². The molecule has 0 fully saturated rings. The molecule has 0 heterocycles. The predicted molar refractivity (Wildman–Crippen MR) is 179 cm³/mol. The number of aliphatic carboxylic acids is 1. The Labute approximate surface area is 278 Å². The first-order chi connectivity index (χ1) is 19.1. The maximum Gasteiger partial charge on any atom is 0.116 e. The van der Waals surface area contributed by atoms with Crippen LogP contribution in [0.3, 0.4) is 0 Å². The Morgan fingerprint density at radius 1 is 0.643 bits per heavy atom. The number of carbonyl (C=O) groups excluding carboxylic acids is 1. The van der Waals surface area contributed by atoms with E-state index in [0.717, 1.165) is 22.4 Å². The Bertz CT molecular complexity index is 478. The van der Waals surface area contributed by atoms with E-state index in [9.17, 15) is 0 Å². The molecule has 260 valence electrons. The van der Waals surface area contributed by atoms with Crippen molar-refractivity contribution in [1.82, 2.24) is 0 Å². The Balaban J connectivity index is -0.000000166. The van der Waals surface area contributed by atoms with Crippen LogP contribution in [0.25, 0.3) is 0 Å². The molecule has 42 heavy (non-hydrogen) atoms. The number of carbonyl (C=O) groups is 1. The number of carboxylic acids is 1. The summed E-state index contributed by atoms with van der Waals surface area (Å²) in [7, 11) is 12.1. The van der Waals surface area contributed by atoms with Crippen molar-refractivity contribution in [3.05, 3.63) is 0 Å². The van der Waals surface area contributed by atoms with Crippen LogP contribution in [0.5, 0.6) is 0 Å². The largest absolute Gasteiger partial charge is 1.00 e. The second-order valence-electron chi connectivity index (χ2n) is 13.1. The molecular formula is C32H72Cl3N3O4. The highest BCUT2D eigenvalue weighted by atomic mass is 35.5. The van der Waals surface area contributed by atoms with E-state index in [2.05, 4.69) is 6.92 Å². The molecule has 4 N–H and O–H groups in total. The molecule has 0 saturated heterocycles. The highest BCUT2D eigenvalue weighted by Crippen LogP contribution is 2.13. The molecule has 2 atom stereocenters. The van der Waals surface area contributed by atoms with Crippen molar-refractivity contribution >= 4 is 29.2 Å². The third-order valence-corrected chi connectivity index (χ3v) is 6.64. The highest BCUT2D eigenvalue weighted by molar-refractivity contribution is 6.18. The van der Waals surface area contributed by atoms with Crippen molar-refractivity contribution in [2.75, 3.05) is 73.7 Å². The molecule has 0 radical (unpaired) electrons. The third-order valence-electron chi connectivity index (χ3n) is 5.93. The average Bonchev–Trinajstić information content (AvgIpc) is 2.84. The van der Waals surface area contributed by atoms with E-state index in [1.165, 1.54) is 103 Å². The van der Waals surface area contributed by atoms with Gasteiger partial charge in [0.05, 0.1) is 54.0 Å². The number of quaternary nitrogens is 2.